The van der Waals surface area contributed by atoms with Gasteiger partial charge in [-0.05, 0) is 64.5 Å². The van der Waals surface area contributed by atoms with Crippen molar-refractivity contribution in [3.05, 3.63) is 41.0 Å². The van der Waals surface area contributed by atoms with E-state index in [-0.39, 0.29) is 11.8 Å². The average Bonchev–Trinajstić information content (AvgIpc) is 3.13. The van der Waals surface area contributed by atoms with Crippen LogP contribution in [0.15, 0.2) is 34.2 Å². The molecule has 0 aromatic heterocycles. The molecule has 1 amide bonds. The molecule has 3 aliphatic heterocycles. The van der Waals surface area contributed by atoms with Crippen LogP contribution in [0.1, 0.15) is 69.9 Å². The van der Waals surface area contributed by atoms with Crippen LogP contribution in [-0.2, 0) is 14.8 Å². The van der Waals surface area contributed by atoms with Crippen molar-refractivity contribution in [3.63, 3.8) is 0 Å². The van der Waals surface area contributed by atoms with Crippen LogP contribution in [0.25, 0.3) is 4.91 Å². The van der Waals surface area contributed by atoms with Crippen molar-refractivity contribution in [2.24, 2.45) is 10.3 Å². The van der Waals surface area contributed by atoms with Crippen LogP contribution in [0.5, 0.6) is 0 Å². The Hall–Kier alpha value is -2.19. The first-order valence-corrected chi connectivity index (χ1v) is 14.7. The molecule has 7 nitrogen and oxygen atoms in total. The minimum absolute atomic E-state index is 0.0237. The summed E-state index contributed by atoms with van der Waals surface area (Å²) in [7, 11) is -3.73. The number of carbonyl (C=O) groups is 1. The quantitative estimate of drug-likeness (QED) is 0.574. The lowest BCUT2D eigenvalue weighted by Gasteiger charge is -2.34. The zero-order valence-corrected chi connectivity index (χ0v) is 22.2. The Balaban J connectivity index is 1.31. The highest BCUT2D eigenvalue weighted by Gasteiger charge is 2.36. The normalized spacial score (nSPS) is 23.5. The van der Waals surface area contributed by atoms with E-state index in [9.17, 15) is 13.2 Å². The van der Waals surface area contributed by atoms with E-state index in [2.05, 4.69) is 26.4 Å². The van der Waals surface area contributed by atoms with Crippen LogP contribution in [0.3, 0.4) is 0 Å². The smallest absolute Gasteiger partial charge is 0.285 e. The Morgan fingerprint density at radius 1 is 1.09 bits per heavy atom. The van der Waals surface area contributed by atoms with Gasteiger partial charge >= 0.3 is 0 Å². The first kappa shape index (κ1) is 25.9. The van der Waals surface area contributed by atoms with Crippen LogP contribution in [0.4, 0.5) is 0 Å². The summed E-state index contributed by atoms with van der Waals surface area (Å²) in [5, 5.41) is 3.14. The topological polar surface area (TPSA) is 82.1 Å². The van der Waals surface area contributed by atoms with E-state index in [1.807, 2.05) is 38.1 Å². The third-order valence-corrected chi connectivity index (χ3v) is 9.11. The van der Waals surface area contributed by atoms with Crippen molar-refractivity contribution < 1.29 is 13.2 Å². The summed E-state index contributed by atoms with van der Waals surface area (Å²) in [6, 6.07) is 8.23. The van der Waals surface area contributed by atoms with Gasteiger partial charge in [-0.2, -0.15) is 8.42 Å². The second-order valence-electron chi connectivity index (χ2n) is 10.2. The summed E-state index contributed by atoms with van der Waals surface area (Å²) >= 11 is 0. The molecule has 1 aromatic rings. The SMILES string of the molecule is CCC1=C(c2ccc(C)cc2)S(=O)(=O)N=C1N1CCC(C(=O)NCCCN2CCCC[C@@H]2C)CC1. The molecule has 0 aliphatic carbocycles. The number of benzene rings is 1. The largest absolute Gasteiger partial charge is 0.356 e. The Labute approximate surface area is 210 Å². The van der Waals surface area contributed by atoms with Crippen LogP contribution < -0.4 is 5.32 Å². The molecule has 3 aliphatic rings. The van der Waals surface area contributed by atoms with Gasteiger partial charge < -0.3 is 15.1 Å². The summed E-state index contributed by atoms with van der Waals surface area (Å²) in [6.07, 6.45) is 6.89. The van der Waals surface area contributed by atoms with Gasteiger partial charge in [-0.25, -0.2) is 0 Å². The Morgan fingerprint density at radius 3 is 2.46 bits per heavy atom. The number of aryl methyl sites for hydroxylation is 1. The summed E-state index contributed by atoms with van der Waals surface area (Å²) in [6.45, 7) is 10.5. The van der Waals surface area contributed by atoms with Gasteiger partial charge in [0.05, 0.1) is 0 Å². The molecule has 35 heavy (non-hydrogen) atoms. The summed E-state index contributed by atoms with van der Waals surface area (Å²) in [5.74, 6) is 0.672. The van der Waals surface area contributed by atoms with Gasteiger partial charge in [-0.3, -0.25) is 4.79 Å². The lowest BCUT2D eigenvalue weighted by atomic mass is 9.94. The van der Waals surface area contributed by atoms with Crippen molar-refractivity contribution in [2.75, 3.05) is 32.7 Å². The maximum absolute atomic E-state index is 13.0. The molecule has 0 saturated carbocycles. The molecule has 0 bridgehead atoms. The average molecular weight is 501 g/mol. The molecule has 1 aromatic carbocycles. The number of rotatable bonds is 7. The van der Waals surface area contributed by atoms with Gasteiger partial charge in [-0.15, -0.1) is 4.40 Å². The van der Waals surface area contributed by atoms with Gasteiger partial charge in [0, 0.05) is 43.7 Å². The third kappa shape index (κ3) is 5.97. The number of nitrogens with zero attached hydrogens (tertiary/aromatic N) is 3. The van der Waals surface area contributed by atoms with E-state index >= 15 is 0 Å². The van der Waals surface area contributed by atoms with E-state index in [4.69, 9.17) is 0 Å². The Bertz CT molecular complexity index is 1070. The zero-order valence-electron chi connectivity index (χ0n) is 21.4. The van der Waals surface area contributed by atoms with E-state index < -0.39 is 10.0 Å². The number of likely N-dealkylation sites (tertiary alicyclic amines) is 2. The number of hydrogen-bond donors (Lipinski definition) is 1. The first-order valence-electron chi connectivity index (χ1n) is 13.2. The lowest BCUT2D eigenvalue weighted by molar-refractivity contribution is -0.126. The fourth-order valence-corrected chi connectivity index (χ4v) is 7.07. The van der Waals surface area contributed by atoms with Crippen LogP contribution in [0, 0.1) is 12.8 Å². The molecule has 8 heteroatoms. The highest BCUT2D eigenvalue weighted by Crippen LogP contribution is 2.36. The van der Waals surface area contributed by atoms with E-state index in [0.29, 0.717) is 54.7 Å². The second-order valence-corrected chi connectivity index (χ2v) is 11.7. The molecule has 0 radical (unpaired) electrons. The van der Waals surface area contributed by atoms with Crippen molar-refractivity contribution in [2.45, 2.75) is 71.8 Å². The van der Waals surface area contributed by atoms with Crippen molar-refractivity contribution in [3.8, 4) is 0 Å². The predicted octanol–water partition coefficient (Wildman–Crippen LogP) is 3.95. The highest BCUT2D eigenvalue weighted by atomic mass is 32.2. The molecule has 0 unspecified atom stereocenters. The summed E-state index contributed by atoms with van der Waals surface area (Å²) in [5.41, 5.74) is 2.56. The molecule has 192 valence electrons. The van der Waals surface area contributed by atoms with E-state index in [0.717, 1.165) is 30.6 Å². The fourth-order valence-electron chi connectivity index (χ4n) is 5.55. The monoisotopic (exact) mass is 500 g/mol. The van der Waals surface area contributed by atoms with Crippen molar-refractivity contribution in [1.82, 2.24) is 15.1 Å². The number of amides is 1. The fraction of sp³-hybridized carbons (Fsp3) is 0.630. The van der Waals surface area contributed by atoms with Gasteiger partial charge in [0.1, 0.15) is 10.7 Å². The Kier molecular flexibility index (Phi) is 8.32. The lowest BCUT2D eigenvalue weighted by Crippen LogP contribution is -2.44. The molecule has 2 fully saturated rings. The van der Waals surface area contributed by atoms with E-state index in [1.165, 1.54) is 25.8 Å². The molecule has 2 saturated heterocycles. The van der Waals surface area contributed by atoms with Crippen LogP contribution in [-0.4, -0.2) is 68.7 Å². The standard InChI is InChI=1S/C27H40N4O3S/c1-4-24-25(22-11-9-20(2)10-12-22)35(33,34)29-26(24)31-18-13-23(14-19-31)27(32)28-15-7-17-30-16-6-5-8-21(30)3/h9-12,21,23H,4-8,13-19H2,1-3H3,(H,28,32)/t21-/m0/s1. The number of piperidine rings is 2. The van der Waals surface area contributed by atoms with Crippen molar-refractivity contribution in [1.29, 1.82) is 0 Å². The van der Waals surface area contributed by atoms with E-state index in [1.54, 1.807) is 0 Å². The van der Waals surface area contributed by atoms with Crippen LogP contribution >= 0.6 is 0 Å². The molecular weight excluding hydrogens is 460 g/mol. The molecule has 4 rings (SSSR count). The predicted molar refractivity (Wildman–Crippen MR) is 142 cm³/mol. The van der Waals surface area contributed by atoms with Gasteiger partial charge in [0.25, 0.3) is 10.0 Å². The third-order valence-electron chi connectivity index (χ3n) is 7.70. The van der Waals surface area contributed by atoms with Gasteiger partial charge in [0.2, 0.25) is 5.91 Å². The van der Waals surface area contributed by atoms with Crippen LogP contribution in [0.2, 0.25) is 0 Å². The molecular formula is C27H40N4O3S. The zero-order chi connectivity index (χ0) is 25.0. The van der Waals surface area contributed by atoms with Gasteiger partial charge in [-0.1, -0.05) is 43.2 Å². The number of carbonyl (C=O) groups excluding carboxylic acids is 1. The van der Waals surface area contributed by atoms with Crippen molar-refractivity contribution >= 4 is 26.7 Å². The Morgan fingerprint density at radius 2 is 1.80 bits per heavy atom. The first-order chi connectivity index (χ1) is 16.8. The summed E-state index contributed by atoms with van der Waals surface area (Å²) in [4.78, 5) is 17.7. The maximum atomic E-state index is 13.0. The number of nitrogens with one attached hydrogen (secondary N) is 1. The molecule has 1 atom stereocenters. The number of sulfonamides is 1. The molecule has 3 heterocycles. The molecule has 1 N–H and O–H groups in total. The minimum Gasteiger partial charge on any atom is -0.356 e. The number of hydrogen-bond acceptors (Lipinski definition) is 5. The molecule has 0 spiro atoms. The second kappa shape index (κ2) is 11.2. The summed E-state index contributed by atoms with van der Waals surface area (Å²) < 4.78 is 30.2. The maximum Gasteiger partial charge on any atom is 0.285 e. The number of amidine groups is 1. The minimum atomic E-state index is -3.73. The van der Waals surface area contributed by atoms with Gasteiger partial charge in [0.15, 0.2) is 0 Å². The highest BCUT2D eigenvalue weighted by molar-refractivity contribution is 8.00.